The second kappa shape index (κ2) is 3.75. The van der Waals surface area contributed by atoms with Gasteiger partial charge in [0.1, 0.15) is 0 Å². The predicted molar refractivity (Wildman–Crippen MR) is 61.3 cm³/mol. The molecule has 1 aliphatic rings. The number of alkyl halides is 1. The number of nitrogens with zero attached hydrogens (tertiary/aromatic N) is 3. The Morgan fingerprint density at radius 1 is 1.69 bits per heavy atom. The zero-order valence-corrected chi connectivity index (χ0v) is 9.74. The highest BCUT2D eigenvalue weighted by molar-refractivity contribution is 9.09. The van der Waals surface area contributed by atoms with E-state index in [0.717, 1.165) is 0 Å². The summed E-state index contributed by atoms with van der Waals surface area (Å²) in [6, 6.07) is 0.807. The molecule has 0 aliphatic heterocycles. The summed E-state index contributed by atoms with van der Waals surface area (Å²) in [7, 11) is 0. The second-order valence-corrected chi connectivity index (χ2v) is 4.68. The van der Waals surface area contributed by atoms with Gasteiger partial charge in [0, 0.05) is 17.3 Å². The van der Waals surface area contributed by atoms with Gasteiger partial charge in [-0.3, -0.25) is 10.1 Å². The van der Waals surface area contributed by atoms with Gasteiger partial charge in [0.15, 0.2) is 4.45 Å². The lowest BCUT2D eigenvalue weighted by molar-refractivity contribution is -0.499. The largest absolute Gasteiger partial charge is 0.396 e. The molecule has 1 aliphatic carbocycles. The molecule has 0 saturated carbocycles. The fourth-order valence-corrected chi connectivity index (χ4v) is 2.14. The molecular formula is C9H9BrN4O2. The van der Waals surface area contributed by atoms with E-state index >= 15 is 0 Å². The van der Waals surface area contributed by atoms with Crippen molar-refractivity contribution in [3.05, 3.63) is 52.5 Å². The topological polar surface area (TPSA) is 87.0 Å². The first-order valence-corrected chi connectivity index (χ1v) is 5.32. The summed E-state index contributed by atoms with van der Waals surface area (Å²) in [5, 5.41) is 14.7. The second-order valence-electron chi connectivity index (χ2n) is 3.41. The van der Waals surface area contributed by atoms with Gasteiger partial charge in [-0.05, 0) is 40.2 Å². The highest BCUT2D eigenvalue weighted by atomic mass is 79.9. The third-order valence-electron chi connectivity index (χ3n) is 2.31. The van der Waals surface area contributed by atoms with Gasteiger partial charge >= 0.3 is 0 Å². The van der Waals surface area contributed by atoms with Crippen LogP contribution in [0.4, 0.5) is 0 Å². The molecule has 84 valence electrons. The number of halogens is 1. The van der Waals surface area contributed by atoms with E-state index < -0.39 is 15.4 Å². The van der Waals surface area contributed by atoms with Crippen LogP contribution in [0.25, 0.3) is 0 Å². The zero-order valence-electron chi connectivity index (χ0n) is 8.15. The molecule has 0 radical (unpaired) electrons. The van der Waals surface area contributed by atoms with Gasteiger partial charge in [0.25, 0.3) is 6.04 Å². The van der Waals surface area contributed by atoms with Crippen LogP contribution in [0, 0.1) is 10.1 Å². The Morgan fingerprint density at radius 3 is 2.94 bits per heavy atom. The van der Waals surface area contributed by atoms with E-state index in [9.17, 15) is 10.1 Å². The van der Waals surface area contributed by atoms with Crippen molar-refractivity contribution in [3.63, 3.8) is 0 Å². The average molecular weight is 285 g/mol. The van der Waals surface area contributed by atoms with Gasteiger partial charge in [0.05, 0.1) is 5.70 Å². The maximum atomic E-state index is 10.7. The zero-order chi connectivity index (χ0) is 11.8. The van der Waals surface area contributed by atoms with Crippen LogP contribution >= 0.6 is 15.9 Å². The van der Waals surface area contributed by atoms with Gasteiger partial charge in [-0.15, -0.1) is 0 Å². The standard InChI is InChI=1S/C9H9BrN4O2/c10-9(13-5-1-4-12-13)3-2-8(14(15)16)7(11)6-9/h1-6,8H,11H2. The van der Waals surface area contributed by atoms with E-state index in [1.165, 1.54) is 6.08 Å². The van der Waals surface area contributed by atoms with Crippen molar-refractivity contribution >= 4 is 15.9 Å². The van der Waals surface area contributed by atoms with Crippen LogP contribution < -0.4 is 5.73 Å². The first-order chi connectivity index (χ1) is 7.53. The number of aromatic nitrogens is 2. The molecule has 0 fully saturated rings. The highest BCUT2D eigenvalue weighted by Gasteiger charge is 2.33. The van der Waals surface area contributed by atoms with Crippen LogP contribution in [0.1, 0.15) is 0 Å². The lowest BCUT2D eigenvalue weighted by Gasteiger charge is -2.25. The molecule has 2 unspecified atom stereocenters. The molecule has 1 aromatic heterocycles. The molecule has 0 bridgehead atoms. The van der Waals surface area contributed by atoms with Crippen LogP contribution in [0.15, 0.2) is 42.4 Å². The normalized spacial score (nSPS) is 28.8. The fraction of sp³-hybridized carbons (Fsp3) is 0.222. The maximum absolute atomic E-state index is 10.7. The van der Waals surface area contributed by atoms with E-state index in [2.05, 4.69) is 21.0 Å². The van der Waals surface area contributed by atoms with E-state index in [4.69, 9.17) is 5.73 Å². The maximum Gasteiger partial charge on any atom is 0.270 e. The molecule has 1 heterocycles. The summed E-state index contributed by atoms with van der Waals surface area (Å²) in [6.07, 6.45) is 8.05. The van der Waals surface area contributed by atoms with E-state index in [1.54, 1.807) is 35.3 Å². The summed E-state index contributed by atoms with van der Waals surface area (Å²) in [5.41, 5.74) is 5.85. The Morgan fingerprint density at radius 2 is 2.44 bits per heavy atom. The van der Waals surface area contributed by atoms with Crippen molar-refractivity contribution in [1.82, 2.24) is 9.78 Å². The first kappa shape index (κ1) is 10.9. The Labute approximate surface area is 99.7 Å². The molecule has 2 rings (SSSR count). The fourth-order valence-electron chi connectivity index (χ4n) is 1.51. The molecule has 0 aromatic carbocycles. The van der Waals surface area contributed by atoms with Crippen LogP contribution in [0.5, 0.6) is 0 Å². The number of nitrogens with two attached hydrogens (primary N) is 1. The van der Waals surface area contributed by atoms with Crippen LogP contribution in [0.2, 0.25) is 0 Å². The van der Waals surface area contributed by atoms with Crippen molar-refractivity contribution in [1.29, 1.82) is 0 Å². The average Bonchev–Trinajstić information content (AvgIpc) is 2.69. The van der Waals surface area contributed by atoms with Crippen molar-refractivity contribution in [2.45, 2.75) is 10.5 Å². The lowest BCUT2D eigenvalue weighted by atomic mass is 10.0. The van der Waals surface area contributed by atoms with E-state index in [0.29, 0.717) is 0 Å². The van der Waals surface area contributed by atoms with Crippen LogP contribution in [-0.2, 0) is 4.45 Å². The Balaban J connectivity index is 2.36. The predicted octanol–water partition coefficient (Wildman–Crippen LogP) is 0.988. The molecule has 1 aromatic rings. The summed E-state index contributed by atoms with van der Waals surface area (Å²) >= 11 is 3.43. The highest BCUT2D eigenvalue weighted by Crippen LogP contribution is 2.32. The molecule has 0 saturated heterocycles. The number of hydrogen-bond donors (Lipinski definition) is 1. The SMILES string of the molecule is NC1=CC(Br)(n2cccn2)C=CC1[N+](=O)[O-]. The molecular weight excluding hydrogens is 276 g/mol. The van der Waals surface area contributed by atoms with Gasteiger partial charge in [-0.2, -0.15) is 5.10 Å². The molecule has 6 nitrogen and oxygen atoms in total. The number of rotatable bonds is 2. The Kier molecular flexibility index (Phi) is 2.55. The molecule has 7 heteroatoms. The third-order valence-corrected chi connectivity index (χ3v) is 3.16. The first-order valence-electron chi connectivity index (χ1n) is 4.53. The van der Waals surface area contributed by atoms with Gasteiger partial charge in [-0.25, -0.2) is 4.68 Å². The van der Waals surface area contributed by atoms with Crippen molar-refractivity contribution in [2.75, 3.05) is 0 Å². The summed E-state index contributed by atoms with van der Waals surface area (Å²) < 4.78 is 0.902. The molecule has 2 N–H and O–H groups in total. The van der Waals surface area contributed by atoms with Gasteiger partial charge in [0.2, 0.25) is 0 Å². The van der Waals surface area contributed by atoms with Crippen molar-refractivity contribution < 1.29 is 4.92 Å². The van der Waals surface area contributed by atoms with Crippen LogP contribution in [0.3, 0.4) is 0 Å². The molecule has 16 heavy (non-hydrogen) atoms. The minimum atomic E-state index is -0.957. The summed E-state index contributed by atoms with van der Waals surface area (Å²) in [4.78, 5) is 10.2. The summed E-state index contributed by atoms with van der Waals surface area (Å²) in [6.45, 7) is 0. The van der Waals surface area contributed by atoms with E-state index in [-0.39, 0.29) is 5.70 Å². The number of hydrogen-bond acceptors (Lipinski definition) is 4. The quantitative estimate of drug-likeness (QED) is 0.380. The van der Waals surface area contributed by atoms with Gasteiger partial charge < -0.3 is 5.73 Å². The van der Waals surface area contributed by atoms with Crippen LogP contribution in [-0.4, -0.2) is 20.7 Å². The Bertz CT molecular complexity index is 468. The molecule has 0 spiro atoms. The third kappa shape index (κ3) is 1.73. The van der Waals surface area contributed by atoms with Gasteiger partial charge in [-0.1, -0.05) is 0 Å². The number of nitro groups is 1. The molecule has 0 amide bonds. The lowest BCUT2D eigenvalue weighted by Crippen LogP contribution is -2.34. The Hall–Kier alpha value is -1.63. The molecule has 2 atom stereocenters. The smallest absolute Gasteiger partial charge is 0.270 e. The minimum Gasteiger partial charge on any atom is -0.396 e. The van der Waals surface area contributed by atoms with Crippen molar-refractivity contribution in [3.8, 4) is 0 Å². The minimum absolute atomic E-state index is 0.194. The number of allylic oxidation sites excluding steroid dienone is 2. The summed E-state index contributed by atoms with van der Waals surface area (Å²) in [5.74, 6) is 0. The van der Waals surface area contributed by atoms with E-state index in [1.807, 2.05) is 0 Å². The van der Waals surface area contributed by atoms with Crippen molar-refractivity contribution in [2.24, 2.45) is 5.73 Å². The monoisotopic (exact) mass is 284 g/mol.